The van der Waals surface area contributed by atoms with Crippen molar-refractivity contribution in [1.29, 1.82) is 0 Å². The third-order valence-corrected chi connectivity index (χ3v) is 2.93. The van der Waals surface area contributed by atoms with Gasteiger partial charge < -0.3 is 16.3 Å². The van der Waals surface area contributed by atoms with Crippen LogP contribution in [0, 0.1) is 5.82 Å². The van der Waals surface area contributed by atoms with Crippen LogP contribution in [0.4, 0.5) is 4.39 Å². The zero-order valence-corrected chi connectivity index (χ0v) is 10.7. The van der Waals surface area contributed by atoms with E-state index in [0.29, 0.717) is 6.42 Å². The second kappa shape index (κ2) is 6.96. The molecule has 0 radical (unpaired) electrons. The number of oxime groups is 1. The SMILES string of the molecule is CCC(C/C(N)=N/O)NC(C)c1ccc(F)cc1. The quantitative estimate of drug-likeness (QED) is 0.315. The number of nitrogens with one attached hydrogen (secondary N) is 1. The summed E-state index contributed by atoms with van der Waals surface area (Å²) < 4.78 is 12.8. The molecule has 0 bridgehead atoms. The summed E-state index contributed by atoms with van der Waals surface area (Å²) >= 11 is 0. The molecule has 0 aliphatic carbocycles. The molecule has 2 unspecified atom stereocenters. The Hall–Kier alpha value is -1.62. The van der Waals surface area contributed by atoms with E-state index in [4.69, 9.17) is 10.9 Å². The third-order valence-electron chi connectivity index (χ3n) is 2.93. The Kier molecular flexibility index (Phi) is 5.58. The van der Waals surface area contributed by atoms with Crippen LogP contribution in [0.15, 0.2) is 29.4 Å². The molecule has 100 valence electrons. The van der Waals surface area contributed by atoms with Gasteiger partial charge in [0.1, 0.15) is 11.7 Å². The summed E-state index contributed by atoms with van der Waals surface area (Å²) in [6, 6.07) is 6.60. The highest BCUT2D eigenvalue weighted by Crippen LogP contribution is 2.15. The van der Waals surface area contributed by atoms with Gasteiger partial charge in [0.25, 0.3) is 0 Å². The minimum Gasteiger partial charge on any atom is -0.409 e. The highest BCUT2D eigenvalue weighted by molar-refractivity contribution is 5.80. The standard InChI is InChI=1S/C13H20FN3O/c1-3-12(8-13(15)17-18)16-9(2)10-4-6-11(14)7-5-10/h4-7,9,12,16,18H,3,8H2,1-2H3,(H2,15,17). The number of hydrogen-bond donors (Lipinski definition) is 3. The van der Waals surface area contributed by atoms with Gasteiger partial charge in [-0.25, -0.2) is 4.39 Å². The topological polar surface area (TPSA) is 70.6 Å². The second-order valence-electron chi connectivity index (χ2n) is 4.34. The maximum absolute atomic E-state index is 12.8. The molecule has 2 atom stereocenters. The Morgan fingerprint density at radius 3 is 2.56 bits per heavy atom. The predicted octanol–water partition coefficient (Wildman–Crippen LogP) is 2.39. The number of hydrogen-bond acceptors (Lipinski definition) is 3. The van der Waals surface area contributed by atoms with Crippen LogP contribution in [0.1, 0.15) is 38.3 Å². The van der Waals surface area contributed by atoms with Crippen LogP contribution in [0.2, 0.25) is 0 Å². The van der Waals surface area contributed by atoms with Crippen molar-refractivity contribution in [2.45, 2.75) is 38.8 Å². The number of halogens is 1. The van der Waals surface area contributed by atoms with Crippen molar-refractivity contribution < 1.29 is 9.60 Å². The van der Waals surface area contributed by atoms with E-state index in [9.17, 15) is 4.39 Å². The summed E-state index contributed by atoms with van der Waals surface area (Å²) in [6.45, 7) is 4.03. The van der Waals surface area contributed by atoms with Crippen molar-refractivity contribution >= 4 is 5.84 Å². The van der Waals surface area contributed by atoms with Crippen LogP contribution in [0.5, 0.6) is 0 Å². The molecule has 0 fully saturated rings. The molecular formula is C13H20FN3O. The van der Waals surface area contributed by atoms with Gasteiger partial charge in [-0.2, -0.15) is 0 Å². The van der Waals surface area contributed by atoms with Crippen LogP contribution < -0.4 is 11.1 Å². The van der Waals surface area contributed by atoms with Crippen LogP contribution in [0.3, 0.4) is 0 Å². The number of amidine groups is 1. The van der Waals surface area contributed by atoms with Crippen molar-refractivity contribution in [3.05, 3.63) is 35.6 Å². The Bertz CT molecular complexity index is 392. The van der Waals surface area contributed by atoms with Gasteiger partial charge in [0.15, 0.2) is 0 Å². The largest absolute Gasteiger partial charge is 0.409 e. The van der Waals surface area contributed by atoms with E-state index in [-0.39, 0.29) is 23.7 Å². The van der Waals surface area contributed by atoms with Crippen molar-refractivity contribution in [2.24, 2.45) is 10.9 Å². The number of benzene rings is 1. The lowest BCUT2D eigenvalue weighted by molar-refractivity contribution is 0.315. The lowest BCUT2D eigenvalue weighted by Crippen LogP contribution is -2.34. The third kappa shape index (κ3) is 4.33. The highest BCUT2D eigenvalue weighted by atomic mass is 19.1. The first-order valence-corrected chi connectivity index (χ1v) is 6.04. The first-order valence-electron chi connectivity index (χ1n) is 6.04. The van der Waals surface area contributed by atoms with E-state index >= 15 is 0 Å². The van der Waals surface area contributed by atoms with Crippen molar-refractivity contribution in [2.75, 3.05) is 0 Å². The molecule has 1 aromatic rings. The minimum absolute atomic E-state index is 0.0852. The summed E-state index contributed by atoms with van der Waals surface area (Å²) in [7, 11) is 0. The number of rotatable bonds is 6. The average molecular weight is 253 g/mol. The van der Waals surface area contributed by atoms with E-state index < -0.39 is 0 Å². The molecule has 4 nitrogen and oxygen atoms in total. The molecule has 0 aliphatic rings. The molecule has 1 rings (SSSR count). The van der Waals surface area contributed by atoms with Gasteiger partial charge in [-0.05, 0) is 31.0 Å². The van der Waals surface area contributed by atoms with E-state index in [1.807, 2.05) is 13.8 Å². The smallest absolute Gasteiger partial charge is 0.140 e. The molecule has 0 aromatic heterocycles. The van der Waals surface area contributed by atoms with E-state index in [0.717, 1.165) is 12.0 Å². The summed E-state index contributed by atoms with van der Waals surface area (Å²) in [5, 5.41) is 14.9. The number of nitrogens with zero attached hydrogens (tertiary/aromatic N) is 1. The normalized spacial score (nSPS) is 15.4. The molecule has 5 heteroatoms. The first-order chi connectivity index (χ1) is 8.56. The summed E-state index contributed by atoms with van der Waals surface area (Å²) in [5.41, 5.74) is 6.50. The molecular weight excluding hydrogens is 233 g/mol. The first kappa shape index (κ1) is 14.4. The summed E-state index contributed by atoms with van der Waals surface area (Å²) in [5.74, 6) is -0.0321. The van der Waals surface area contributed by atoms with Crippen LogP contribution in [0.25, 0.3) is 0 Å². The van der Waals surface area contributed by atoms with Gasteiger partial charge in [-0.15, -0.1) is 0 Å². The monoisotopic (exact) mass is 253 g/mol. The summed E-state index contributed by atoms with van der Waals surface area (Å²) in [6.07, 6.45) is 1.35. The highest BCUT2D eigenvalue weighted by Gasteiger charge is 2.13. The van der Waals surface area contributed by atoms with E-state index in [2.05, 4.69) is 10.5 Å². The fraction of sp³-hybridized carbons (Fsp3) is 0.462. The zero-order valence-electron chi connectivity index (χ0n) is 10.7. The molecule has 0 saturated heterocycles. The lowest BCUT2D eigenvalue weighted by atomic mass is 10.0. The Morgan fingerprint density at radius 2 is 2.06 bits per heavy atom. The molecule has 1 aromatic carbocycles. The van der Waals surface area contributed by atoms with Crippen molar-refractivity contribution in [3.63, 3.8) is 0 Å². The maximum atomic E-state index is 12.8. The van der Waals surface area contributed by atoms with Gasteiger partial charge in [0.2, 0.25) is 0 Å². The molecule has 4 N–H and O–H groups in total. The predicted molar refractivity (Wildman–Crippen MR) is 70.1 cm³/mol. The van der Waals surface area contributed by atoms with Crippen LogP contribution >= 0.6 is 0 Å². The lowest BCUT2D eigenvalue weighted by Gasteiger charge is -2.22. The van der Waals surface area contributed by atoms with Gasteiger partial charge in [-0.3, -0.25) is 0 Å². The molecule has 0 amide bonds. The van der Waals surface area contributed by atoms with Crippen molar-refractivity contribution in [3.8, 4) is 0 Å². The van der Waals surface area contributed by atoms with Gasteiger partial charge in [0, 0.05) is 18.5 Å². The fourth-order valence-electron chi connectivity index (χ4n) is 1.82. The van der Waals surface area contributed by atoms with Gasteiger partial charge in [0.05, 0.1) is 0 Å². The van der Waals surface area contributed by atoms with E-state index in [1.165, 1.54) is 12.1 Å². The fourth-order valence-corrected chi connectivity index (χ4v) is 1.82. The molecule has 0 saturated carbocycles. The Balaban J connectivity index is 2.61. The molecule has 0 spiro atoms. The van der Waals surface area contributed by atoms with E-state index in [1.54, 1.807) is 12.1 Å². The van der Waals surface area contributed by atoms with Crippen LogP contribution in [-0.4, -0.2) is 17.1 Å². The second-order valence-corrected chi connectivity index (χ2v) is 4.34. The van der Waals surface area contributed by atoms with Crippen LogP contribution in [-0.2, 0) is 0 Å². The maximum Gasteiger partial charge on any atom is 0.140 e. The minimum atomic E-state index is -0.241. The molecule has 0 heterocycles. The van der Waals surface area contributed by atoms with Crippen molar-refractivity contribution in [1.82, 2.24) is 5.32 Å². The van der Waals surface area contributed by atoms with Gasteiger partial charge >= 0.3 is 0 Å². The molecule has 18 heavy (non-hydrogen) atoms. The Labute approximate surface area is 107 Å². The van der Waals surface area contributed by atoms with Gasteiger partial charge in [-0.1, -0.05) is 24.2 Å². The zero-order chi connectivity index (χ0) is 13.5. The molecule has 0 aliphatic heterocycles. The summed E-state index contributed by atoms with van der Waals surface area (Å²) in [4.78, 5) is 0. The average Bonchev–Trinajstić information content (AvgIpc) is 2.38. The number of nitrogens with two attached hydrogens (primary N) is 1. The Morgan fingerprint density at radius 1 is 1.44 bits per heavy atom.